The summed E-state index contributed by atoms with van der Waals surface area (Å²) in [6.45, 7) is 2.22. The van der Waals surface area contributed by atoms with Crippen molar-refractivity contribution in [2.75, 3.05) is 5.75 Å². The third-order valence-electron chi connectivity index (χ3n) is 1.55. The highest BCUT2D eigenvalue weighted by Crippen LogP contribution is 2.32. The number of hydrogen-bond acceptors (Lipinski definition) is 2. The van der Waals surface area contributed by atoms with Gasteiger partial charge < -0.3 is 0 Å². The van der Waals surface area contributed by atoms with Crippen molar-refractivity contribution in [3.63, 3.8) is 0 Å². The molecule has 0 atom stereocenters. The van der Waals surface area contributed by atoms with Gasteiger partial charge in [-0.15, -0.1) is 0 Å². The van der Waals surface area contributed by atoms with E-state index in [1.54, 1.807) is 0 Å². The fourth-order valence-electron chi connectivity index (χ4n) is 0.803. The monoisotopic (exact) mass is 232 g/mol. The predicted octanol–water partition coefficient (Wildman–Crippen LogP) is 4.88. The normalized spacial score (nSPS) is 10.3. The molecule has 0 amide bonds. The average molecular weight is 233 g/mol. The van der Waals surface area contributed by atoms with E-state index in [2.05, 4.69) is 19.1 Å². The van der Waals surface area contributed by atoms with Crippen molar-refractivity contribution in [3.05, 3.63) is 29.3 Å². The molecule has 0 saturated heterocycles. The Morgan fingerprint density at radius 2 is 1.92 bits per heavy atom. The Balaban J connectivity index is 2.25. The second-order valence-electron chi connectivity index (χ2n) is 2.71. The summed E-state index contributed by atoms with van der Waals surface area (Å²) in [5.74, 6) is 1.23. The summed E-state index contributed by atoms with van der Waals surface area (Å²) >= 11 is 5.78. The highest BCUT2D eigenvalue weighted by atomic mass is 35.5. The van der Waals surface area contributed by atoms with Crippen LogP contribution in [0, 0.1) is 0 Å². The molecule has 0 radical (unpaired) electrons. The van der Waals surface area contributed by atoms with E-state index in [0.29, 0.717) is 0 Å². The molecule has 0 aliphatic carbocycles. The Morgan fingerprint density at radius 3 is 2.54 bits per heavy atom. The van der Waals surface area contributed by atoms with Crippen LogP contribution in [0.4, 0.5) is 0 Å². The molecule has 13 heavy (non-hydrogen) atoms. The first-order valence-electron chi connectivity index (χ1n) is 4.38. The van der Waals surface area contributed by atoms with Gasteiger partial charge in [0.1, 0.15) is 0 Å². The lowest BCUT2D eigenvalue weighted by Crippen LogP contribution is -1.73. The topological polar surface area (TPSA) is 0 Å². The third-order valence-corrected chi connectivity index (χ3v) is 4.27. The standard InChI is InChI=1S/C10H13ClS2/c1-2-3-8-12-13-10-6-4-9(11)5-7-10/h4-7H,2-3,8H2,1H3. The maximum Gasteiger partial charge on any atom is 0.0406 e. The fraction of sp³-hybridized carbons (Fsp3) is 0.400. The molecule has 0 heterocycles. The highest BCUT2D eigenvalue weighted by molar-refractivity contribution is 8.76. The van der Waals surface area contributed by atoms with Crippen LogP contribution in [0.15, 0.2) is 29.2 Å². The minimum atomic E-state index is 0.808. The number of rotatable bonds is 5. The smallest absolute Gasteiger partial charge is 0.0406 e. The van der Waals surface area contributed by atoms with Gasteiger partial charge >= 0.3 is 0 Å². The quantitative estimate of drug-likeness (QED) is 0.524. The van der Waals surface area contributed by atoms with Crippen LogP contribution in [0.2, 0.25) is 5.02 Å². The summed E-state index contributed by atoms with van der Waals surface area (Å²) in [7, 11) is 3.74. The molecule has 0 aliphatic heterocycles. The van der Waals surface area contributed by atoms with Crippen molar-refractivity contribution in [2.24, 2.45) is 0 Å². The van der Waals surface area contributed by atoms with Crippen LogP contribution >= 0.6 is 33.2 Å². The Kier molecular flexibility index (Phi) is 5.76. The number of unbranched alkanes of at least 4 members (excludes halogenated alkanes) is 1. The first kappa shape index (κ1) is 11.3. The van der Waals surface area contributed by atoms with Crippen molar-refractivity contribution in [1.82, 2.24) is 0 Å². The summed E-state index contributed by atoms with van der Waals surface area (Å²) in [5, 5.41) is 0.808. The van der Waals surface area contributed by atoms with E-state index in [0.717, 1.165) is 5.02 Å². The molecule has 0 N–H and O–H groups in total. The maximum absolute atomic E-state index is 5.78. The second-order valence-corrected chi connectivity index (χ2v) is 5.64. The third kappa shape index (κ3) is 4.84. The van der Waals surface area contributed by atoms with Crippen LogP contribution in [0.5, 0.6) is 0 Å². The summed E-state index contributed by atoms with van der Waals surface area (Å²) in [4.78, 5) is 1.28. The lowest BCUT2D eigenvalue weighted by Gasteiger charge is -1.99. The van der Waals surface area contributed by atoms with Crippen LogP contribution in [0.1, 0.15) is 19.8 Å². The number of hydrogen-bond donors (Lipinski definition) is 0. The molecule has 1 aromatic carbocycles. The molecule has 0 saturated carbocycles. The van der Waals surface area contributed by atoms with Gasteiger partial charge in [-0.3, -0.25) is 0 Å². The van der Waals surface area contributed by atoms with Crippen LogP contribution in [0.25, 0.3) is 0 Å². The average Bonchev–Trinajstić information content (AvgIpc) is 2.15. The van der Waals surface area contributed by atoms with Crippen LogP contribution < -0.4 is 0 Å². The van der Waals surface area contributed by atoms with Gasteiger partial charge in [0.25, 0.3) is 0 Å². The van der Waals surface area contributed by atoms with Crippen LogP contribution in [-0.2, 0) is 0 Å². The Labute approximate surface area is 92.8 Å². The zero-order valence-corrected chi connectivity index (χ0v) is 10.0. The number of halogens is 1. The Morgan fingerprint density at radius 1 is 1.23 bits per heavy atom. The zero-order chi connectivity index (χ0) is 9.52. The first-order chi connectivity index (χ1) is 6.33. The molecule has 0 nitrogen and oxygen atoms in total. The van der Waals surface area contributed by atoms with E-state index in [9.17, 15) is 0 Å². The van der Waals surface area contributed by atoms with Gasteiger partial charge in [0.05, 0.1) is 0 Å². The maximum atomic E-state index is 5.78. The first-order valence-corrected chi connectivity index (χ1v) is 7.07. The van der Waals surface area contributed by atoms with Crippen molar-refractivity contribution < 1.29 is 0 Å². The Hall–Kier alpha value is 0.210. The molecule has 72 valence electrons. The molecule has 0 fully saturated rings. The molecular weight excluding hydrogens is 220 g/mol. The molecule has 0 unspecified atom stereocenters. The molecule has 1 aromatic rings. The SMILES string of the molecule is CCCCSSc1ccc(Cl)cc1. The second kappa shape index (κ2) is 6.63. The van der Waals surface area contributed by atoms with Crippen molar-refractivity contribution in [2.45, 2.75) is 24.7 Å². The zero-order valence-electron chi connectivity index (χ0n) is 7.63. The minimum Gasteiger partial charge on any atom is -0.0890 e. The molecule has 0 bridgehead atoms. The largest absolute Gasteiger partial charge is 0.0890 e. The predicted molar refractivity (Wildman–Crippen MR) is 64.7 cm³/mol. The summed E-state index contributed by atoms with van der Waals surface area (Å²) in [6.07, 6.45) is 2.57. The van der Waals surface area contributed by atoms with Crippen LogP contribution in [-0.4, -0.2) is 5.75 Å². The lowest BCUT2D eigenvalue weighted by molar-refractivity contribution is 0.898. The van der Waals surface area contributed by atoms with Gasteiger partial charge in [0, 0.05) is 15.7 Å². The van der Waals surface area contributed by atoms with Gasteiger partial charge in [-0.2, -0.15) is 0 Å². The molecule has 0 spiro atoms. The van der Waals surface area contributed by atoms with Crippen LogP contribution in [0.3, 0.4) is 0 Å². The van der Waals surface area contributed by atoms with E-state index in [4.69, 9.17) is 11.6 Å². The van der Waals surface area contributed by atoms with E-state index in [1.807, 2.05) is 33.7 Å². The van der Waals surface area contributed by atoms with Crippen molar-refractivity contribution in [1.29, 1.82) is 0 Å². The summed E-state index contributed by atoms with van der Waals surface area (Å²) in [6, 6.07) is 7.99. The van der Waals surface area contributed by atoms with Crippen molar-refractivity contribution in [3.8, 4) is 0 Å². The summed E-state index contributed by atoms with van der Waals surface area (Å²) in [5.41, 5.74) is 0. The van der Waals surface area contributed by atoms with Gasteiger partial charge in [-0.05, 0) is 30.7 Å². The van der Waals surface area contributed by atoms with E-state index in [1.165, 1.54) is 23.5 Å². The van der Waals surface area contributed by atoms with E-state index in [-0.39, 0.29) is 0 Å². The van der Waals surface area contributed by atoms with Gasteiger partial charge in [0.15, 0.2) is 0 Å². The highest BCUT2D eigenvalue weighted by Gasteiger charge is 1.94. The van der Waals surface area contributed by atoms with Crippen molar-refractivity contribution >= 4 is 33.2 Å². The molecule has 0 aromatic heterocycles. The molecular formula is C10H13ClS2. The van der Waals surface area contributed by atoms with Gasteiger partial charge in [-0.25, -0.2) is 0 Å². The molecule has 1 rings (SSSR count). The Bertz CT molecular complexity index is 233. The molecule has 3 heteroatoms. The minimum absolute atomic E-state index is 0.808. The summed E-state index contributed by atoms with van der Waals surface area (Å²) < 4.78 is 0. The van der Waals surface area contributed by atoms with Gasteiger partial charge in [0.2, 0.25) is 0 Å². The van der Waals surface area contributed by atoms with E-state index < -0.39 is 0 Å². The molecule has 0 aliphatic rings. The lowest BCUT2D eigenvalue weighted by atomic mass is 10.4. The van der Waals surface area contributed by atoms with Gasteiger partial charge in [-0.1, -0.05) is 46.5 Å². The van der Waals surface area contributed by atoms with E-state index >= 15 is 0 Å². The fourth-order valence-corrected chi connectivity index (χ4v) is 3.15. The number of benzene rings is 1.